The number of carbonyl (C=O) groups excluding carboxylic acids is 1. The molecule has 0 saturated carbocycles. The van der Waals surface area contributed by atoms with Gasteiger partial charge in [-0.05, 0) is 32.4 Å². The van der Waals surface area contributed by atoms with Gasteiger partial charge in [0.2, 0.25) is 17.5 Å². The molecule has 0 saturated heterocycles. The number of hydrogen-bond donors (Lipinski definition) is 1. The Balaban J connectivity index is 2.36. The molecule has 0 aliphatic carbocycles. The van der Waals surface area contributed by atoms with Crippen LogP contribution in [0.4, 0.5) is 5.88 Å². The number of rotatable bonds is 3. The monoisotopic (exact) mass is 266 g/mol. The van der Waals surface area contributed by atoms with Crippen molar-refractivity contribution in [3.05, 3.63) is 22.2 Å². The number of aromatic nitrogens is 1. The van der Waals surface area contributed by atoms with Crippen molar-refractivity contribution in [2.75, 3.05) is 12.3 Å². The topological polar surface area (TPSA) is 78.3 Å². The SMILES string of the molecule is CCOC(=O)c1nc(-c2cc(C)c(C)s2)oc1N. The summed E-state index contributed by atoms with van der Waals surface area (Å²) in [6.45, 7) is 6.02. The number of ether oxygens (including phenoxy) is 1. The zero-order valence-electron chi connectivity index (χ0n) is 10.4. The Morgan fingerprint density at radius 2 is 2.28 bits per heavy atom. The van der Waals surface area contributed by atoms with Crippen LogP contribution in [0.1, 0.15) is 27.9 Å². The molecule has 96 valence electrons. The highest BCUT2D eigenvalue weighted by Gasteiger charge is 2.21. The lowest BCUT2D eigenvalue weighted by molar-refractivity contribution is 0.0521. The minimum Gasteiger partial charge on any atom is -0.461 e. The van der Waals surface area contributed by atoms with E-state index in [9.17, 15) is 4.79 Å². The molecule has 2 N–H and O–H groups in total. The molecule has 0 bridgehead atoms. The molecule has 5 nitrogen and oxygen atoms in total. The average molecular weight is 266 g/mol. The number of aryl methyl sites for hydroxylation is 2. The average Bonchev–Trinajstić information content (AvgIpc) is 2.84. The number of thiophene rings is 1. The Hall–Kier alpha value is -1.82. The van der Waals surface area contributed by atoms with E-state index in [1.54, 1.807) is 18.3 Å². The Morgan fingerprint density at radius 1 is 1.56 bits per heavy atom. The quantitative estimate of drug-likeness (QED) is 0.864. The fraction of sp³-hybridized carbons (Fsp3) is 0.333. The molecular weight excluding hydrogens is 252 g/mol. The first-order valence-corrected chi connectivity index (χ1v) is 6.35. The molecule has 2 aromatic heterocycles. The van der Waals surface area contributed by atoms with Gasteiger partial charge in [0.25, 0.3) is 0 Å². The second-order valence-corrected chi connectivity index (χ2v) is 5.06. The summed E-state index contributed by atoms with van der Waals surface area (Å²) < 4.78 is 10.2. The number of hydrogen-bond acceptors (Lipinski definition) is 6. The summed E-state index contributed by atoms with van der Waals surface area (Å²) in [5.74, 6) is -0.209. The normalized spacial score (nSPS) is 10.6. The van der Waals surface area contributed by atoms with Gasteiger partial charge in [0.1, 0.15) is 0 Å². The number of anilines is 1. The van der Waals surface area contributed by atoms with Crippen molar-refractivity contribution in [2.24, 2.45) is 0 Å². The van der Waals surface area contributed by atoms with Crippen molar-refractivity contribution in [1.29, 1.82) is 0 Å². The van der Waals surface area contributed by atoms with E-state index < -0.39 is 5.97 Å². The number of nitrogen functional groups attached to an aromatic ring is 1. The predicted octanol–water partition coefficient (Wildman–Crippen LogP) is 2.78. The van der Waals surface area contributed by atoms with Crippen LogP contribution >= 0.6 is 11.3 Å². The van der Waals surface area contributed by atoms with E-state index in [2.05, 4.69) is 4.98 Å². The minimum absolute atomic E-state index is 0.00726. The molecule has 0 aliphatic rings. The maximum Gasteiger partial charge on any atom is 0.362 e. The van der Waals surface area contributed by atoms with Crippen molar-refractivity contribution in [3.63, 3.8) is 0 Å². The molecule has 0 aromatic carbocycles. The van der Waals surface area contributed by atoms with E-state index >= 15 is 0 Å². The largest absolute Gasteiger partial charge is 0.461 e. The highest BCUT2D eigenvalue weighted by Crippen LogP contribution is 2.32. The summed E-state index contributed by atoms with van der Waals surface area (Å²) in [5, 5.41) is 0. The van der Waals surface area contributed by atoms with Gasteiger partial charge in [-0.25, -0.2) is 4.79 Å². The van der Waals surface area contributed by atoms with Crippen molar-refractivity contribution in [1.82, 2.24) is 4.98 Å². The lowest BCUT2D eigenvalue weighted by Crippen LogP contribution is -2.07. The lowest BCUT2D eigenvalue weighted by Gasteiger charge is -1.96. The molecule has 2 heterocycles. The molecule has 0 unspecified atom stereocenters. The maximum atomic E-state index is 11.6. The number of oxazole rings is 1. The number of carbonyl (C=O) groups is 1. The van der Waals surface area contributed by atoms with Crippen molar-refractivity contribution in [3.8, 4) is 10.8 Å². The third kappa shape index (κ3) is 2.24. The van der Waals surface area contributed by atoms with E-state index in [4.69, 9.17) is 14.9 Å². The third-order valence-electron chi connectivity index (χ3n) is 2.50. The molecule has 2 aromatic rings. The van der Waals surface area contributed by atoms with Gasteiger partial charge in [0, 0.05) is 4.88 Å². The molecule has 0 amide bonds. The third-order valence-corrected chi connectivity index (χ3v) is 3.64. The standard InChI is InChI=1S/C12H14N2O3S/c1-4-16-12(15)9-10(13)17-11(14-9)8-5-6(2)7(3)18-8/h5H,4,13H2,1-3H3. The molecule has 0 spiro atoms. The van der Waals surface area contributed by atoms with Crippen LogP contribution in [0.5, 0.6) is 0 Å². The zero-order valence-corrected chi connectivity index (χ0v) is 11.3. The van der Waals surface area contributed by atoms with Crippen LogP contribution in [0.25, 0.3) is 10.8 Å². The van der Waals surface area contributed by atoms with Crippen LogP contribution in [-0.4, -0.2) is 17.6 Å². The molecule has 0 atom stereocenters. The Kier molecular flexibility index (Phi) is 3.38. The Bertz CT molecular complexity index is 567. The summed E-state index contributed by atoms with van der Waals surface area (Å²) >= 11 is 1.55. The summed E-state index contributed by atoms with van der Waals surface area (Å²) in [5.41, 5.74) is 6.82. The molecule has 6 heteroatoms. The fourth-order valence-electron chi connectivity index (χ4n) is 1.46. The Labute approximate surface area is 109 Å². The summed E-state index contributed by atoms with van der Waals surface area (Å²) in [6, 6.07) is 1.96. The minimum atomic E-state index is -0.560. The first-order valence-electron chi connectivity index (χ1n) is 5.53. The van der Waals surface area contributed by atoms with Gasteiger partial charge >= 0.3 is 5.97 Å². The molecule has 0 radical (unpaired) electrons. The highest BCUT2D eigenvalue weighted by molar-refractivity contribution is 7.15. The summed E-state index contributed by atoms with van der Waals surface area (Å²) in [6.07, 6.45) is 0. The van der Waals surface area contributed by atoms with E-state index in [0.29, 0.717) is 5.89 Å². The van der Waals surface area contributed by atoms with Crippen LogP contribution in [0, 0.1) is 13.8 Å². The van der Waals surface area contributed by atoms with Crippen LogP contribution in [-0.2, 0) is 4.74 Å². The van der Waals surface area contributed by atoms with Crippen LogP contribution < -0.4 is 5.73 Å². The molecular formula is C12H14N2O3S. The van der Waals surface area contributed by atoms with Gasteiger partial charge in [0.15, 0.2) is 0 Å². The van der Waals surface area contributed by atoms with Gasteiger partial charge in [-0.1, -0.05) is 0 Å². The van der Waals surface area contributed by atoms with Crippen LogP contribution in [0.15, 0.2) is 10.5 Å². The lowest BCUT2D eigenvalue weighted by atomic mass is 10.3. The predicted molar refractivity (Wildman–Crippen MR) is 69.7 cm³/mol. The molecule has 0 fully saturated rings. The van der Waals surface area contributed by atoms with Crippen LogP contribution in [0.2, 0.25) is 0 Å². The van der Waals surface area contributed by atoms with Crippen LogP contribution in [0.3, 0.4) is 0 Å². The maximum absolute atomic E-state index is 11.6. The van der Waals surface area contributed by atoms with E-state index in [0.717, 1.165) is 10.4 Å². The second-order valence-electron chi connectivity index (χ2n) is 3.80. The fourth-order valence-corrected chi connectivity index (χ4v) is 2.42. The first kappa shape index (κ1) is 12.6. The number of nitrogens with zero attached hydrogens (tertiary/aromatic N) is 1. The number of nitrogens with two attached hydrogens (primary N) is 1. The number of esters is 1. The molecule has 18 heavy (non-hydrogen) atoms. The first-order chi connectivity index (χ1) is 8.52. The van der Waals surface area contributed by atoms with Gasteiger partial charge in [-0.2, -0.15) is 4.98 Å². The smallest absolute Gasteiger partial charge is 0.362 e. The van der Waals surface area contributed by atoms with E-state index in [1.807, 2.05) is 19.9 Å². The van der Waals surface area contributed by atoms with Crippen molar-refractivity contribution in [2.45, 2.75) is 20.8 Å². The highest BCUT2D eigenvalue weighted by atomic mass is 32.1. The van der Waals surface area contributed by atoms with Gasteiger partial charge in [-0.3, -0.25) is 0 Å². The second kappa shape index (κ2) is 4.81. The molecule has 0 aliphatic heterocycles. The van der Waals surface area contributed by atoms with E-state index in [-0.39, 0.29) is 18.2 Å². The Morgan fingerprint density at radius 3 is 2.83 bits per heavy atom. The summed E-state index contributed by atoms with van der Waals surface area (Å²) in [7, 11) is 0. The van der Waals surface area contributed by atoms with Gasteiger partial charge < -0.3 is 14.9 Å². The molecule has 2 rings (SSSR count). The zero-order chi connectivity index (χ0) is 13.3. The van der Waals surface area contributed by atoms with Crippen molar-refractivity contribution < 1.29 is 13.9 Å². The van der Waals surface area contributed by atoms with E-state index in [1.165, 1.54) is 4.88 Å². The van der Waals surface area contributed by atoms with Gasteiger partial charge in [0.05, 0.1) is 11.5 Å². The summed E-state index contributed by atoms with van der Waals surface area (Å²) in [4.78, 5) is 17.7. The van der Waals surface area contributed by atoms with Gasteiger partial charge in [-0.15, -0.1) is 11.3 Å². The van der Waals surface area contributed by atoms with Crippen molar-refractivity contribution >= 4 is 23.2 Å².